The van der Waals surface area contributed by atoms with Crippen LogP contribution in [-0.4, -0.2) is 16.2 Å². The molecule has 1 aromatic heterocycles. The van der Waals surface area contributed by atoms with E-state index in [9.17, 15) is 4.79 Å². The summed E-state index contributed by atoms with van der Waals surface area (Å²) in [7, 11) is 0. The first-order valence-corrected chi connectivity index (χ1v) is 3.79. The largest absolute Gasteiger partial charge is 0.465 e. The van der Waals surface area contributed by atoms with Gasteiger partial charge in [-0.1, -0.05) is 18.2 Å². The normalized spacial score (nSPS) is 9.31. The van der Waals surface area contributed by atoms with Gasteiger partial charge in [0.1, 0.15) is 0 Å². The number of nitrogens with one attached hydrogen (secondary N) is 1. The number of pyridine rings is 1. The van der Waals surface area contributed by atoms with Crippen molar-refractivity contribution in [2.24, 2.45) is 0 Å². The highest BCUT2D eigenvalue weighted by Gasteiger charge is 2.02. The second-order valence-corrected chi connectivity index (χ2v) is 2.63. The summed E-state index contributed by atoms with van der Waals surface area (Å²) >= 11 is 5.75. The third-order valence-electron chi connectivity index (χ3n) is 1.31. The maximum Gasteiger partial charge on any atom is 0.409 e. The molecule has 13 heavy (non-hydrogen) atoms. The summed E-state index contributed by atoms with van der Waals surface area (Å²) in [5.41, 5.74) is 0.862. The topological polar surface area (TPSA) is 62.2 Å². The molecule has 68 valence electrons. The molecule has 0 fully saturated rings. The summed E-state index contributed by atoms with van der Waals surface area (Å²) in [6.07, 6.45) is 1.72. The zero-order valence-electron chi connectivity index (χ0n) is 6.62. The van der Waals surface area contributed by atoms with Gasteiger partial charge in [0.05, 0.1) is 22.6 Å². The first-order chi connectivity index (χ1) is 6.13. The molecule has 0 radical (unpaired) electrons. The summed E-state index contributed by atoms with van der Waals surface area (Å²) in [4.78, 5) is 14.1. The molecule has 0 saturated heterocycles. The Labute approximate surface area is 79.9 Å². The van der Waals surface area contributed by atoms with Crippen molar-refractivity contribution in [1.29, 1.82) is 0 Å². The van der Waals surface area contributed by atoms with Crippen molar-refractivity contribution in [3.05, 3.63) is 29.6 Å². The zero-order valence-corrected chi connectivity index (χ0v) is 7.38. The number of amides is 1. The van der Waals surface area contributed by atoms with Gasteiger partial charge >= 0.3 is 6.09 Å². The quantitative estimate of drug-likeness (QED) is 0.768. The molecule has 1 amide bonds. The fourth-order valence-corrected chi connectivity index (χ4v) is 1.03. The summed E-state index contributed by atoms with van der Waals surface area (Å²) in [6, 6.07) is 1.47. The van der Waals surface area contributed by atoms with Crippen molar-refractivity contribution in [3.63, 3.8) is 0 Å². The van der Waals surface area contributed by atoms with Crippen LogP contribution in [0.3, 0.4) is 0 Å². The zero-order chi connectivity index (χ0) is 9.84. The van der Waals surface area contributed by atoms with Crippen LogP contribution >= 0.6 is 11.6 Å². The minimum atomic E-state index is -1.15. The predicted octanol–water partition coefficient (Wildman–Crippen LogP) is 2.47. The molecular weight excluding hydrogens is 192 g/mol. The molecule has 2 N–H and O–H groups in total. The van der Waals surface area contributed by atoms with Crippen LogP contribution in [0, 0.1) is 0 Å². The van der Waals surface area contributed by atoms with E-state index >= 15 is 0 Å². The van der Waals surface area contributed by atoms with Gasteiger partial charge in [0.2, 0.25) is 0 Å². The van der Waals surface area contributed by atoms with Crippen LogP contribution in [0.4, 0.5) is 10.5 Å². The molecule has 0 unspecified atom stereocenters. The van der Waals surface area contributed by atoms with Crippen LogP contribution in [0.15, 0.2) is 18.8 Å². The van der Waals surface area contributed by atoms with Gasteiger partial charge in [-0.15, -0.1) is 0 Å². The van der Waals surface area contributed by atoms with Crippen LogP contribution in [0.1, 0.15) is 5.69 Å². The Morgan fingerprint density at radius 2 is 2.46 bits per heavy atom. The van der Waals surface area contributed by atoms with E-state index in [0.717, 1.165) is 0 Å². The average molecular weight is 199 g/mol. The Balaban J connectivity index is 2.95. The highest BCUT2D eigenvalue weighted by molar-refractivity contribution is 6.32. The van der Waals surface area contributed by atoms with Gasteiger partial charge in [-0.05, 0) is 12.1 Å². The minimum absolute atomic E-state index is 0.336. The first kappa shape index (κ1) is 9.54. The molecule has 1 heterocycles. The molecule has 4 nitrogen and oxygen atoms in total. The van der Waals surface area contributed by atoms with Gasteiger partial charge < -0.3 is 5.11 Å². The standard InChI is InChI=1S/C8H7ClN2O2/c1-2-7-6(9)3-5(4-10-7)11-8(12)13/h2-4,11H,1H2,(H,12,13). The third-order valence-corrected chi connectivity index (χ3v) is 1.62. The lowest BCUT2D eigenvalue weighted by molar-refractivity contribution is 0.209. The Morgan fingerprint density at radius 3 is 2.92 bits per heavy atom. The van der Waals surface area contributed by atoms with Gasteiger partial charge in [0, 0.05) is 0 Å². The van der Waals surface area contributed by atoms with Gasteiger partial charge in [-0.25, -0.2) is 4.79 Å². The van der Waals surface area contributed by atoms with Crippen molar-refractivity contribution in [3.8, 4) is 0 Å². The maximum absolute atomic E-state index is 10.2. The number of aromatic nitrogens is 1. The van der Waals surface area contributed by atoms with Crippen LogP contribution in [-0.2, 0) is 0 Å². The SMILES string of the molecule is C=Cc1ncc(NC(=O)O)cc1Cl. The summed E-state index contributed by atoms with van der Waals surface area (Å²) in [5.74, 6) is 0. The molecule has 1 rings (SSSR count). The number of carbonyl (C=O) groups is 1. The third kappa shape index (κ3) is 2.45. The lowest BCUT2D eigenvalue weighted by Gasteiger charge is -2.01. The van der Waals surface area contributed by atoms with E-state index in [-0.39, 0.29) is 0 Å². The van der Waals surface area contributed by atoms with Gasteiger partial charge in [0.15, 0.2) is 0 Å². The number of halogens is 1. The van der Waals surface area contributed by atoms with E-state index in [1.54, 1.807) is 0 Å². The van der Waals surface area contributed by atoms with Gasteiger partial charge in [0.25, 0.3) is 0 Å². The highest BCUT2D eigenvalue weighted by Crippen LogP contribution is 2.18. The van der Waals surface area contributed by atoms with E-state index in [0.29, 0.717) is 16.4 Å². The molecule has 5 heteroatoms. The molecule has 0 spiro atoms. The predicted molar refractivity (Wildman–Crippen MR) is 51.0 cm³/mol. The Hall–Kier alpha value is -1.55. The first-order valence-electron chi connectivity index (χ1n) is 3.41. The van der Waals surface area contributed by atoms with E-state index in [2.05, 4.69) is 16.9 Å². The second-order valence-electron chi connectivity index (χ2n) is 2.23. The molecule has 0 aliphatic heterocycles. The summed E-state index contributed by atoms with van der Waals surface area (Å²) < 4.78 is 0. The summed E-state index contributed by atoms with van der Waals surface area (Å²) in [6.45, 7) is 3.50. The fourth-order valence-electron chi connectivity index (χ4n) is 0.791. The monoisotopic (exact) mass is 198 g/mol. The minimum Gasteiger partial charge on any atom is -0.465 e. The Kier molecular flexibility index (Phi) is 2.87. The van der Waals surface area contributed by atoms with E-state index in [4.69, 9.17) is 16.7 Å². The number of anilines is 1. The lowest BCUT2D eigenvalue weighted by atomic mass is 10.3. The molecule has 0 aromatic carbocycles. The molecule has 0 aliphatic carbocycles. The van der Waals surface area contributed by atoms with Crippen molar-refractivity contribution >= 4 is 29.5 Å². The molecule has 0 saturated carbocycles. The highest BCUT2D eigenvalue weighted by atomic mass is 35.5. The number of rotatable bonds is 2. The molecule has 0 aliphatic rings. The van der Waals surface area contributed by atoms with Crippen LogP contribution < -0.4 is 5.32 Å². The molecule has 0 bridgehead atoms. The Bertz CT molecular complexity index is 352. The second kappa shape index (κ2) is 3.91. The van der Waals surface area contributed by atoms with Crippen LogP contribution in [0.2, 0.25) is 5.02 Å². The van der Waals surface area contributed by atoms with Crippen LogP contribution in [0.25, 0.3) is 6.08 Å². The summed E-state index contributed by atoms with van der Waals surface area (Å²) in [5, 5.41) is 10.9. The maximum atomic E-state index is 10.2. The van der Waals surface area contributed by atoms with Crippen molar-refractivity contribution in [2.75, 3.05) is 5.32 Å². The van der Waals surface area contributed by atoms with Crippen molar-refractivity contribution in [2.45, 2.75) is 0 Å². The van der Waals surface area contributed by atoms with E-state index in [1.807, 2.05) is 0 Å². The van der Waals surface area contributed by atoms with Crippen molar-refractivity contribution in [1.82, 2.24) is 4.98 Å². The number of hydrogen-bond donors (Lipinski definition) is 2. The van der Waals surface area contributed by atoms with E-state index in [1.165, 1.54) is 18.3 Å². The molecular formula is C8H7ClN2O2. The van der Waals surface area contributed by atoms with Gasteiger partial charge in [-0.2, -0.15) is 0 Å². The Morgan fingerprint density at radius 1 is 1.77 bits per heavy atom. The average Bonchev–Trinajstić information content (AvgIpc) is 2.03. The van der Waals surface area contributed by atoms with Gasteiger partial charge in [-0.3, -0.25) is 10.3 Å². The van der Waals surface area contributed by atoms with Crippen molar-refractivity contribution < 1.29 is 9.90 Å². The number of hydrogen-bond acceptors (Lipinski definition) is 2. The molecule has 1 aromatic rings. The number of carboxylic acid groups (broad SMARTS) is 1. The van der Waals surface area contributed by atoms with E-state index < -0.39 is 6.09 Å². The molecule has 0 atom stereocenters. The smallest absolute Gasteiger partial charge is 0.409 e. The van der Waals surface area contributed by atoms with Crippen LogP contribution in [0.5, 0.6) is 0 Å². The fraction of sp³-hybridized carbons (Fsp3) is 0. The number of nitrogens with zero attached hydrogens (tertiary/aromatic N) is 1. The lowest BCUT2D eigenvalue weighted by Crippen LogP contribution is -2.07.